The number of imide groups is 2. The molecule has 2 rings (SSSR count). The number of carbonyl (C=O) groups is 3. The molecule has 0 saturated carbocycles. The number of nitrogens with one attached hydrogen (secondary N) is 2. The lowest BCUT2D eigenvalue weighted by molar-refractivity contribution is -0.124. The van der Waals surface area contributed by atoms with Gasteiger partial charge in [0, 0.05) is 0 Å². The highest BCUT2D eigenvalue weighted by atomic mass is 16.2. The van der Waals surface area contributed by atoms with Gasteiger partial charge >= 0.3 is 6.03 Å². The second-order valence-corrected chi connectivity index (χ2v) is 3.86. The number of rotatable bonds is 1. The zero-order valence-electron chi connectivity index (χ0n) is 8.66. The van der Waals surface area contributed by atoms with Crippen molar-refractivity contribution in [2.45, 2.75) is 19.3 Å². The van der Waals surface area contributed by atoms with Crippen molar-refractivity contribution in [2.24, 2.45) is 5.92 Å². The third-order valence-corrected chi connectivity index (χ3v) is 2.66. The second kappa shape index (κ2) is 4.30. The Labute approximate surface area is 92.6 Å². The number of amides is 4. The number of urea groups is 1. The van der Waals surface area contributed by atoms with Gasteiger partial charge < -0.3 is 0 Å². The molecule has 1 atom stereocenters. The molecule has 0 aromatic rings. The minimum Gasteiger partial charge on any atom is -0.273 e. The van der Waals surface area contributed by atoms with Crippen LogP contribution in [0.5, 0.6) is 0 Å². The van der Waals surface area contributed by atoms with E-state index in [9.17, 15) is 14.4 Å². The van der Waals surface area contributed by atoms with Gasteiger partial charge in [-0.3, -0.25) is 20.2 Å². The SMILES string of the molecule is O=C1NC(=O)C(=C[C@@H]2CC=CCC2)C(=O)N1. The molecule has 0 radical (unpaired) electrons. The third-order valence-electron chi connectivity index (χ3n) is 2.66. The highest BCUT2D eigenvalue weighted by Gasteiger charge is 2.28. The van der Waals surface area contributed by atoms with Crippen molar-refractivity contribution in [1.29, 1.82) is 0 Å². The van der Waals surface area contributed by atoms with Crippen molar-refractivity contribution >= 4 is 17.8 Å². The second-order valence-electron chi connectivity index (χ2n) is 3.86. The molecule has 0 bridgehead atoms. The number of hydrogen-bond acceptors (Lipinski definition) is 3. The quantitative estimate of drug-likeness (QED) is 0.386. The van der Waals surface area contributed by atoms with Crippen LogP contribution in [-0.4, -0.2) is 17.8 Å². The van der Waals surface area contributed by atoms with E-state index in [0.717, 1.165) is 19.3 Å². The average Bonchev–Trinajstić information content (AvgIpc) is 2.25. The van der Waals surface area contributed by atoms with Crippen LogP contribution < -0.4 is 10.6 Å². The fourth-order valence-electron chi connectivity index (χ4n) is 1.83. The Balaban J connectivity index is 2.15. The monoisotopic (exact) mass is 220 g/mol. The predicted molar refractivity (Wildman–Crippen MR) is 56.2 cm³/mol. The first-order chi connectivity index (χ1) is 7.66. The van der Waals surface area contributed by atoms with E-state index >= 15 is 0 Å². The molecule has 1 aliphatic carbocycles. The Kier molecular flexibility index (Phi) is 2.85. The molecule has 1 saturated heterocycles. The lowest BCUT2D eigenvalue weighted by atomic mass is 9.92. The molecule has 2 N–H and O–H groups in total. The summed E-state index contributed by atoms with van der Waals surface area (Å²) in [6.45, 7) is 0. The summed E-state index contributed by atoms with van der Waals surface area (Å²) in [7, 11) is 0. The maximum Gasteiger partial charge on any atom is 0.328 e. The molecule has 1 heterocycles. The molecule has 2 aliphatic rings. The van der Waals surface area contributed by atoms with Crippen LogP contribution >= 0.6 is 0 Å². The normalized spacial score (nSPS) is 25.1. The zero-order valence-corrected chi connectivity index (χ0v) is 8.66. The van der Waals surface area contributed by atoms with Gasteiger partial charge in [0.2, 0.25) is 0 Å². The molecule has 0 unspecified atom stereocenters. The highest BCUT2D eigenvalue weighted by molar-refractivity contribution is 6.28. The van der Waals surface area contributed by atoms with Crippen molar-refractivity contribution in [1.82, 2.24) is 10.6 Å². The summed E-state index contributed by atoms with van der Waals surface area (Å²) in [5.74, 6) is -1.02. The molecule has 1 aliphatic heterocycles. The first-order valence-corrected chi connectivity index (χ1v) is 5.20. The summed E-state index contributed by atoms with van der Waals surface area (Å²) in [6, 6.07) is -0.754. The van der Waals surface area contributed by atoms with Crippen molar-refractivity contribution in [3.05, 3.63) is 23.8 Å². The maximum absolute atomic E-state index is 11.4. The van der Waals surface area contributed by atoms with Gasteiger partial charge in [-0.2, -0.15) is 0 Å². The fraction of sp³-hybridized carbons (Fsp3) is 0.364. The van der Waals surface area contributed by atoms with Gasteiger partial charge in [0.05, 0.1) is 0 Å². The van der Waals surface area contributed by atoms with Crippen molar-refractivity contribution in [2.75, 3.05) is 0 Å². The topological polar surface area (TPSA) is 75.3 Å². The van der Waals surface area contributed by atoms with Crippen molar-refractivity contribution < 1.29 is 14.4 Å². The summed E-state index contributed by atoms with van der Waals surface area (Å²) in [5, 5.41) is 4.11. The molecular weight excluding hydrogens is 208 g/mol. The van der Waals surface area contributed by atoms with Gasteiger partial charge in [-0.05, 0) is 25.2 Å². The van der Waals surface area contributed by atoms with E-state index in [-0.39, 0.29) is 11.5 Å². The molecule has 4 amide bonds. The Morgan fingerprint density at radius 1 is 1.12 bits per heavy atom. The Morgan fingerprint density at radius 3 is 2.38 bits per heavy atom. The molecule has 5 heteroatoms. The minimum atomic E-state index is -0.754. The maximum atomic E-state index is 11.4. The summed E-state index contributed by atoms with van der Waals surface area (Å²) in [4.78, 5) is 33.6. The molecule has 0 spiro atoms. The van der Waals surface area contributed by atoms with Crippen LogP contribution in [0, 0.1) is 5.92 Å². The van der Waals surface area contributed by atoms with E-state index < -0.39 is 17.8 Å². The Bertz CT molecular complexity index is 387. The summed E-state index contributed by atoms with van der Waals surface area (Å²) in [5.41, 5.74) is 0.0416. The van der Waals surface area contributed by atoms with Crippen LogP contribution in [0.25, 0.3) is 0 Å². The van der Waals surface area contributed by atoms with Crippen LogP contribution in [0.3, 0.4) is 0 Å². The van der Waals surface area contributed by atoms with Gasteiger partial charge in [0.15, 0.2) is 0 Å². The minimum absolute atomic E-state index is 0.0416. The van der Waals surface area contributed by atoms with E-state index in [1.54, 1.807) is 6.08 Å². The first kappa shape index (κ1) is 10.6. The van der Waals surface area contributed by atoms with E-state index in [0.29, 0.717) is 0 Å². The Hall–Kier alpha value is -1.91. The standard InChI is InChI=1S/C11H12N2O3/c14-9-8(10(15)13-11(16)12-9)6-7-4-2-1-3-5-7/h1-2,6-7H,3-5H2,(H2,12,13,14,15,16)/t7-/m1/s1. The molecule has 84 valence electrons. The molecule has 0 aromatic carbocycles. The van der Waals surface area contributed by atoms with Crippen LogP contribution in [0.2, 0.25) is 0 Å². The average molecular weight is 220 g/mol. The lowest BCUT2D eigenvalue weighted by Crippen LogP contribution is -2.51. The number of allylic oxidation sites excluding steroid dienone is 3. The number of hydrogen-bond donors (Lipinski definition) is 2. The Morgan fingerprint density at radius 2 is 1.81 bits per heavy atom. The van der Waals surface area contributed by atoms with E-state index in [1.807, 2.05) is 6.08 Å². The van der Waals surface area contributed by atoms with Crippen molar-refractivity contribution in [3.8, 4) is 0 Å². The van der Waals surface area contributed by atoms with Crippen LogP contribution in [0.1, 0.15) is 19.3 Å². The van der Waals surface area contributed by atoms with Gasteiger partial charge in [0.1, 0.15) is 5.57 Å². The fourth-order valence-corrected chi connectivity index (χ4v) is 1.83. The number of carbonyl (C=O) groups excluding carboxylic acids is 3. The molecule has 5 nitrogen and oxygen atoms in total. The number of barbiturate groups is 1. The van der Waals surface area contributed by atoms with Gasteiger partial charge in [-0.25, -0.2) is 4.79 Å². The molecule has 0 aromatic heterocycles. The van der Waals surface area contributed by atoms with Crippen LogP contribution in [-0.2, 0) is 9.59 Å². The van der Waals surface area contributed by atoms with Crippen LogP contribution in [0.15, 0.2) is 23.8 Å². The van der Waals surface area contributed by atoms with Gasteiger partial charge in [-0.1, -0.05) is 18.2 Å². The van der Waals surface area contributed by atoms with Crippen molar-refractivity contribution in [3.63, 3.8) is 0 Å². The van der Waals surface area contributed by atoms with E-state index in [2.05, 4.69) is 16.7 Å². The smallest absolute Gasteiger partial charge is 0.273 e. The molecule has 1 fully saturated rings. The third kappa shape index (κ3) is 2.18. The zero-order chi connectivity index (χ0) is 11.5. The molecular formula is C11H12N2O3. The van der Waals surface area contributed by atoms with Gasteiger partial charge in [0.25, 0.3) is 11.8 Å². The highest BCUT2D eigenvalue weighted by Crippen LogP contribution is 2.21. The van der Waals surface area contributed by atoms with Crippen LogP contribution in [0.4, 0.5) is 4.79 Å². The summed E-state index contributed by atoms with van der Waals surface area (Å²) >= 11 is 0. The van der Waals surface area contributed by atoms with E-state index in [1.165, 1.54) is 0 Å². The summed E-state index contributed by atoms with van der Waals surface area (Å²) < 4.78 is 0. The predicted octanol–water partition coefficient (Wildman–Crippen LogP) is 0.635. The summed E-state index contributed by atoms with van der Waals surface area (Å²) in [6.07, 6.45) is 8.48. The molecule has 16 heavy (non-hydrogen) atoms. The van der Waals surface area contributed by atoms with E-state index in [4.69, 9.17) is 0 Å². The van der Waals surface area contributed by atoms with Gasteiger partial charge in [-0.15, -0.1) is 0 Å². The lowest BCUT2D eigenvalue weighted by Gasteiger charge is -2.18. The largest absolute Gasteiger partial charge is 0.328 e. The first-order valence-electron chi connectivity index (χ1n) is 5.20.